The van der Waals surface area contributed by atoms with Gasteiger partial charge in [0.15, 0.2) is 0 Å². The van der Waals surface area contributed by atoms with Crippen LogP contribution in [0, 0.1) is 17.8 Å². The van der Waals surface area contributed by atoms with Crippen molar-refractivity contribution in [2.75, 3.05) is 13.1 Å². The number of rotatable bonds is 0. The molecule has 2 aliphatic heterocycles. The molecular formula is C18H28N2O. The summed E-state index contributed by atoms with van der Waals surface area (Å²) in [5.74, 6) is 2.69. The SMILES string of the molecule is CC(=O)N1CCCC2=C1C[C@H]1C[C@@H](C)C[C@@]23NCCC[C@H]13. The highest BCUT2D eigenvalue weighted by molar-refractivity contribution is 5.76. The van der Waals surface area contributed by atoms with Gasteiger partial charge in [-0.05, 0) is 74.8 Å². The first-order valence-corrected chi connectivity index (χ1v) is 8.87. The van der Waals surface area contributed by atoms with E-state index in [1.54, 1.807) is 12.5 Å². The third kappa shape index (κ3) is 1.93. The fourth-order valence-electron chi connectivity index (χ4n) is 6.03. The number of hydrogen-bond donors (Lipinski definition) is 1. The van der Waals surface area contributed by atoms with E-state index in [9.17, 15) is 4.79 Å². The summed E-state index contributed by atoms with van der Waals surface area (Å²) in [7, 11) is 0. The molecule has 0 radical (unpaired) electrons. The molecule has 2 heterocycles. The summed E-state index contributed by atoms with van der Waals surface area (Å²) in [4.78, 5) is 14.2. The summed E-state index contributed by atoms with van der Waals surface area (Å²) in [6, 6.07) is 0. The lowest BCUT2D eigenvalue weighted by Gasteiger charge is -2.60. The van der Waals surface area contributed by atoms with Crippen LogP contribution in [0.1, 0.15) is 58.8 Å². The molecule has 0 unspecified atom stereocenters. The van der Waals surface area contributed by atoms with Gasteiger partial charge in [0.25, 0.3) is 0 Å². The molecule has 4 atom stereocenters. The molecule has 2 bridgehead atoms. The van der Waals surface area contributed by atoms with Gasteiger partial charge in [0.1, 0.15) is 0 Å². The quantitative estimate of drug-likeness (QED) is 0.743. The van der Waals surface area contributed by atoms with Crippen LogP contribution in [0.2, 0.25) is 0 Å². The van der Waals surface area contributed by atoms with Crippen LogP contribution < -0.4 is 5.32 Å². The summed E-state index contributed by atoms with van der Waals surface area (Å²) < 4.78 is 0. The van der Waals surface area contributed by atoms with Crippen molar-refractivity contribution in [1.29, 1.82) is 0 Å². The molecule has 1 saturated carbocycles. The molecular weight excluding hydrogens is 260 g/mol. The molecule has 1 saturated heterocycles. The Morgan fingerprint density at radius 1 is 1.38 bits per heavy atom. The van der Waals surface area contributed by atoms with Crippen LogP contribution in [-0.2, 0) is 4.79 Å². The van der Waals surface area contributed by atoms with E-state index in [2.05, 4.69) is 17.1 Å². The normalized spacial score (nSPS) is 42.4. The number of allylic oxidation sites excluding steroid dienone is 1. The first-order valence-electron chi connectivity index (χ1n) is 8.87. The fraction of sp³-hybridized carbons (Fsp3) is 0.833. The predicted octanol–water partition coefficient (Wildman–Crippen LogP) is 3.07. The van der Waals surface area contributed by atoms with Gasteiger partial charge >= 0.3 is 0 Å². The molecule has 0 spiro atoms. The zero-order valence-electron chi connectivity index (χ0n) is 13.5. The molecule has 21 heavy (non-hydrogen) atoms. The van der Waals surface area contributed by atoms with Crippen molar-refractivity contribution in [3.05, 3.63) is 11.3 Å². The molecule has 0 aromatic rings. The van der Waals surface area contributed by atoms with Gasteiger partial charge < -0.3 is 10.2 Å². The molecule has 2 aliphatic carbocycles. The third-order valence-corrected chi connectivity index (χ3v) is 6.57. The first kappa shape index (κ1) is 13.8. The third-order valence-electron chi connectivity index (χ3n) is 6.57. The number of hydrogen-bond acceptors (Lipinski definition) is 2. The molecule has 0 aromatic carbocycles. The minimum absolute atomic E-state index is 0.238. The Hall–Kier alpha value is -0.830. The van der Waals surface area contributed by atoms with E-state index in [4.69, 9.17) is 0 Å². The van der Waals surface area contributed by atoms with Gasteiger partial charge in [0.05, 0.1) is 0 Å². The van der Waals surface area contributed by atoms with Crippen LogP contribution in [0.15, 0.2) is 11.3 Å². The van der Waals surface area contributed by atoms with Gasteiger partial charge in [-0.15, -0.1) is 0 Å². The van der Waals surface area contributed by atoms with E-state index in [1.165, 1.54) is 37.8 Å². The van der Waals surface area contributed by atoms with E-state index in [0.29, 0.717) is 0 Å². The summed E-state index contributed by atoms with van der Waals surface area (Å²) in [6.07, 6.45) is 8.88. The standard InChI is InChI=1S/C18H28N2O/c1-12-9-14-10-17-16(6-4-8-20(17)13(2)21)18(11-12)15(14)5-3-7-19-18/h12,14-15,19H,3-11H2,1-2H3/t12-,14-,15-,18+/m1/s1. The van der Waals surface area contributed by atoms with Crippen molar-refractivity contribution in [3.63, 3.8) is 0 Å². The second-order valence-electron chi connectivity index (χ2n) is 7.86. The molecule has 4 rings (SSSR count). The zero-order chi connectivity index (χ0) is 14.6. The van der Waals surface area contributed by atoms with Crippen LogP contribution in [0.3, 0.4) is 0 Å². The maximum Gasteiger partial charge on any atom is 0.223 e. The smallest absolute Gasteiger partial charge is 0.223 e. The molecule has 4 aliphatic rings. The minimum Gasteiger partial charge on any atom is -0.316 e. The fourth-order valence-corrected chi connectivity index (χ4v) is 6.03. The van der Waals surface area contributed by atoms with E-state index in [-0.39, 0.29) is 11.4 Å². The lowest BCUT2D eigenvalue weighted by Crippen LogP contribution is -2.64. The highest BCUT2D eigenvalue weighted by Crippen LogP contribution is 2.56. The number of carbonyl (C=O) groups excluding carboxylic acids is 1. The maximum atomic E-state index is 12.1. The summed E-state index contributed by atoms with van der Waals surface area (Å²) in [5, 5.41) is 3.96. The van der Waals surface area contributed by atoms with Crippen LogP contribution in [0.4, 0.5) is 0 Å². The van der Waals surface area contributed by atoms with Crippen molar-refractivity contribution in [1.82, 2.24) is 10.2 Å². The van der Waals surface area contributed by atoms with Crippen molar-refractivity contribution in [2.24, 2.45) is 17.8 Å². The lowest BCUT2D eigenvalue weighted by atomic mass is 9.53. The number of nitrogens with one attached hydrogen (secondary N) is 1. The van der Waals surface area contributed by atoms with Crippen LogP contribution in [0.25, 0.3) is 0 Å². The second-order valence-corrected chi connectivity index (χ2v) is 7.86. The van der Waals surface area contributed by atoms with E-state index in [0.717, 1.165) is 43.7 Å². The molecule has 116 valence electrons. The number of carbonyl (C=O) groups is 1. The number of nitrogens with zero attached hydrogens (tertiary/aromatic N) is 1. The predicted molar refractivity (Wildman–Crippen MR) is 83.6 cm³/mol. The van der Waals surface area contributed by atoms with Crippen molar-refractivity contribution in [2.45, 2.75) is 64.3 Å². The topological polar surface area (TPSA) is 32.3 Å². The minimum atomic E-state index is 0.238. The Kier molecular flexibility index (Phi) is 3.18. The van der Waals surface area contributed by atoms with Gasteiger partial charge in [0.2, 0.25) is 5.91 Å². The molecule has 3 nitrogen and oxygen atoms in total. The highest BCUT2D eigenvalue weighted by Gasteiger charge is 2.55. The largest absolute Gasteiger partial charge is 0.316 e. The average Bonchev–Trinajstić information content (AvgIpc) is 2.46. The molecule has 2 fully saturated rings. The molecule has 3 heteroatoms. The van der Waals surface area contributed by atoms with E-state index in [1.807, 2.05) is 0 Å². The molecule has 0 aromatic heterocycles. The number of piperidine rings is 1. The molecule has 1 amide bonds. The average molecular weight is 288 g/mol. The van der Waals surface area contributed by atoms with Crippen molar-refractivity contribution < 1.29 is 4.79 Å². The Labute approximate surface area is 128 Å². The van der Waals surface area contributed by atoms with Crippen LogP contribution in [-0.4, -0.2) is 29.4 Å². The lowest BCUT2D eigenvalue weighted by molar-refractivity contribution is -0.128. The van der Waals surface area contributed by atoms with Gasteiger partial charge in [-0.2, -0.15) is 0 Å². The monoisotopic (exact) mass is 288 g/mol. The van der Waals surface area contributed by atoms with Crippen LogP contribution >= 0.6 is 0 Å². The Balaban J connectivity index is 1.83. The second kappa shape index (κ2) is 4.84. The maximum absolute atomic E-state index is 12.1. The van der Waals surface area contributed by atoms with Gasteiger partial charge in [-0.1, -0.05) is 6.92 Å². The summed E-state index contributed by atoms with van der Waals surface area (Å²) >= 11 is 0. The highest BCUT2D eigenvalue weighted by atomic mass is 16.2. The Morgan fingerprint density at radius 3 is 3.05 bits per heavy atom. The van der Waals surface area contributed by atoms with E-state index >= 15 is 0 Å². The van der Waals surface area contributed by atoms with Gasteiger partial charge in [0, 0.05) is 24.7 Å². The van der Waals surface area contributed by atoms with Crippen molar-refractivity contribution in [3.8, 4) is 0 Å². The Bertz CT molecular complexity index is 497. The van der Waals surface area contributed by atoms with Crippen molar-refractivity contribution >= 4 is 5.91 Å². The van der Waals surface area contributed by atoms with Gasteiger partial charge in [-0.3, -0.25) is 4.79 Å². The molecule has 1 N–H and O–H groups in total. The number of amides is 1. The summed E-state index contributed by atoms with van der Waals surface area (Å²) in [5.41, 5.74) is 3.27. The van der Waals surface area contributed by atoms with Crippen LogP contribution in [0.5, 0.6) is 0 Å². The van der Waals surface area contributed by atoms with E-state index < -0.39 is 0 Å². The van der Waals surface area contributed by atoms with Gasteiger partial charge in [-0.25, -0.2) is 0 Å². The zero-order valence-corrected chi connectivity index (χ0v) is 13.5. The summed E-state index contributed by atoms with van der Waals surface area (Å²) in [6.45, 7) is 6.27. The Morgan fingerprint density at radius 2 is 2.24 bits per heavy atom. The first-order chi connectivity index (χ1) is 10.1.